The number of benzene rings is 3. The van der Waals surface area contributed by atoms with E-state index in [1.165, 1.54) is 21.8 Å². The topological polar surface area (TPSA) is 46.4 Å². The van der Waals surface area contributed by atoms with E-state index in [9.17, 15) is 4.79 Å². The van der Waals surface area contributed by atoms with Gasteiger partial charge in [-0.3, -0.25) is 4.79 Å². The molecule has 0 aliphatic carbocycles. The number of nitrogens with zero attached hydrogens (tertiary/aromatic N) is 2. The minimum Gasteiger partial charge on any atom is -0.341 e. The molecule has 27 heavy (non-hydrogen) atoms. The number of hydrogen-bond donors (Lipinski definition) is 1. The van der Waals surface area contributed by atoms with E-state index in [0.717, 1.165) is 15.7 Å². The maximum atomic E-state index is 12.2. The van der Waals surface area contributed by atoms with Gasteiger partial charge >= 0.3 is 0 Å². The lowest BCUT2D eigenvalue weighted by molar-refractivity contribution is 0.0955. The SMILES string of the molecule is CCn1c2ccccc2c2cc(C=NNC(=O)c3cccc(I)c3)ccc21. The zero-order chi connectivity index (χ0) is 18.8. The van der Waals surface area contributed by atoms with Crippen molar-refractivity contribution in [3.63, 3.8) is 0 Å². The van der Waals surface area contributed by atoms with Gasteiger partial charge in [0.2, 0.25) is 0 Å². The molecule has 0 fully saturated rings. The fraction of sp³-hybridized carbons (Fsp3) is 0.0909. The van der Waals surface area contributed by atoms with Crippen LogP contribution in [-0.2, 0) is 6.54 Å². The van der Waals surface area contributed by atoms with Gasteiger partial charge in [-0.1, -0.05) is 30.3 Å². The van der Waals surface area contributed by atoms with E-state index in [2.05, 4.69) is 81.0 Å². The minimum absolute atomic E-state index is 0.214. The Hall–Kier alpha value is -2.67. The zero-order valence-corrected chi connectivity index (χ0v) is 17.0. The molecule has 0 saturated carbocycles. The summed E-state index contributed by atoms with van der Waals surface area (Å²) in [5.74, 6) is -0.214. The number of aromatic nitrogens is 1. The molecule has 3 aromatic carbocycles. The number of carbonyl (C=O) groups is 1. The van der Waals surface area contributed by atoms with Crippen molar-refractivity contribution in [2.75, 3.05) is 0 Å². The molecule has 0 unspecified atom stereocenters. The first-order valence-electron chi connectivity index (χ1n) is 8.77. The molecule has 0 spiro atoms. The third kappa shape index (κ3) is 3.47. The maximum Gasteiger partial charge on any atom is 0.271 e. The summed E-state index contributed by atoms with van der Waals surface area (Å²) in [5, 5.41) is 6.55. The highest BCUT2D eigenvalue weighted by molar-refractivity contribution is 14.1. The molecule has 0 aliphatic heterocycles. The number of hydrogen-bond acceptors (Lipinski definition) is 2. The molecule has 4 rings (SSSR count). The first-order chi connectivity index (χ1) is 13.2. The Morgan fingerprint density at radius 2 is 1.85 bits per heavy atom. The minimum atomic E-state index is -0.214. The summed E-state index contributed by atoms with van der Waals surface area (Å²) in [7, 11) is 0. The Labute approximate surface area is 171 Å². The van der Waals surface area contributed by atoms with Gasteiger partial charge in [-0.2, -0.15) is 5.10 Å². The van der Waals surface area contributed by atoms with Crippen LogP contribution in [0.5, 0.6) is 0 Å². The molecule has 0 atom stereocenters. The van der Waals surface area contributed by atoms with Crippen molar-refractivity contribution in [3.05, 3.63) is 81.4 Å². The molecule has 1 aromatic heterocycles. The van der Waals surface area contributed by atoms with E-state index >= 15 is 0 Å². The number of carbonyl (C=O) groups excluding carboxylic acids is 1. The summed E-state index contributed by atoms with van der Waals surface area (Å²) < 4.78 is 3.33. The standard InChI is InChI=1S/C22H18IN3O/c1-2-26-20-9-4-3-8-18(20)19-12-15(10-11-21(19)26)14-24-25-22(27)16-6-5-7-17(23)13-16/h3-14H,2H2,1H3,(H,25,27). The largest absolute Gasteiger partial charge is 0.341 e. The lowest BCUT2D eigenvalue weighted by Crippen LogP contribution is -2.17. The predicted molar refractivity (Wildman–Crippen MR) is 119 cm³/mol. The van der Waals surface area contributed by atoms with Gasteiger partial charge in [0, 0.05) is 37.5 Å². The lowest BCUT2D eigenvalue weighted by Gasteiger charge is -2.03. The van der Waals surface area contributed by atoms with E-state index in [4.69, 9.17) is 0 Å². The summed E-state index contributed by atoms with van der Waals surface area (Å²) in [5.41, 5.74) is 6.58. The smallest absolute Gasteiger partial charge is 0.271 e. The van der Waals surface area contributed by atoms with Crippen molar-refractivity contribution in [3.8, 4) is 0 Å². The van der Waals surface area contributed by atoms with Crippen LogP contribution in [0, 0.1) is 3.57 Å². The number of aryl methyl sites for hydroxylation is 1. The van der Waals surface area contributed by atoms with Crippen LogP contribution in [0.25, 0.3) is 21.8 Å². The van der Waals surface area contributed by atoms with E-state index in [1.807, 2.05) is 24.3 Å². The van der Waals surface area contributed by atoms with Crippen LogP contribution >= 0.6 is 22.6 Å². The molecule has 0 radical (unpaired) electrons. The first-order valence-corrected chi connectivity index (χ1v) is 9.85. The Morgan fingerprint density at radius 1 is 1.04 bits per heavy atom. The maximum absolute atomic E-state index is 12.2. The summed E-state index contributed by atoms with van der Waals surface area (Å²) in [4.78, 5) is 12.2. The van der Waals surface area contributed by atoms with Crippen LogP contribution in [0.3, 0.4) is 0 Å². The highest BCUT2D eigenvalue weighted by Gasteiger charge is 2.09. The van der Waals surface area contributed by atoms with Crippen LogP contribution < -0.4 is 5.43 Å². The molecular weight excluding hydrogens is 449 g/mol. The van der Waals surface area contributed by atoms with Gasteiger partial charge in [-0.25, -0.2) is 5.43 Å². The van der Waals surface area contributed by atoms with Crippen LogP contribution in [-0.4, -0.2) is 16.7 Å². The lowest BCUT2D eigenvalue weighted by atomic mass is 10.1. The highest BCUT2D eigenvalue weighted by Crippen LogP contribution is 2.29. The van der Waals surface area contributed by atoms with Gasteiger partial charge in [0.1, 0.15) is 0 Å². The predicted octanol–water partition coefficient (Wildman–Crippen LogP) is 5.18. The molecule has 134 valence electrons. The average molecular weight is 467 g/mol. The molecular formula is C22H18IN3O. The number of rotatable bonds is 4. The average Bonchev–Trinajstić information content (AvgIpc) is 3.01. The van der Waals surface area contributed by atoms with Gasteiger partial charge in [-0.05, 0) is 71.5 Å². The molecule has 0 bridgehead atoms. The molecule has 1 amide bonds. The fourth-order valence-corrected chi connectivity index (χ4v) is 3.90. The third-order valence-corrected chi connectivity index (χ3v) is 5.25. The van der Waals surface area contributed by atoms with Crippen molar-refractivity contribution in [2.45, 2.75) is 13.5 Å². The molecule has 4 aromatic rings. The van der Waals surface area contributed by atoms with Crippen molar-refractivity contribution >= 4 is 56.5 Å². The van der Waals surface area contributed by atoms with Crippen molar-refractivity contribution in [2.24, 2.45) is 5.10 Å². The first kappa shape index (κ1) is 17.7. The number of amides is 1. The van der Waals surface area contributed by atoms with Crippen molar-refractivity contribution in [1.82, 2.24) is 9.99 Å². The van der Waals surface area contributed by atoms with Gasteiger partial charge in [0.25, 0.3) is 5.91 Å². The molecule has 0 saturated heterocycles. The number of para-hydroxylation sites is 1. The zero-order valence-electron chi connectivity index (χ0n) is 14.8. The molecule has 4 nitrogen and oxygen atoms in total. The van der Waals surface area contributed by atoms with Crippen LogP contribution in [0.15, 0.2) is 71.8 Å². The Kier molecular flexibility index (Phi) is 4.94. The Morgan fingerprint density at radius 3 is 2.67 bits per heavy atom. The van der Waals surface area contributed by atoms with Crippen LogP contribution in [0.4, 0.5) is 0 Å². The van der Waals surface area contributed by atoms with Gasteiger partial charge in [0.15, 0.2) is 0 Å². The highest BCUT2D eigenvalue weighted by atomic mass is 127. The van der Waals surface area contributed by atoms with Gasteiger partial charge in [-0.15, -0.1) is 0 Å². The number of fused-ring (bicyclic) bond motifs is 3. The van der Waals surface area contributed by atoms with Crippen LogP contribution in [0.2, 0.25) is 0 Å². The number of hydrazone groups is 1. The number of halogens is 1. The van der Waals surface area contributed by atoms with E-state index < -0.39 is 0 Å². The monoisotopic (exact) mass is 467 g/mol. The summed E-state index contributed by atoms with van der Waals surface area (Å²) in [6.07, 6.45) is 1.68. The van der Waals surface area contributed by atoms with Crippen molar-refractivity contribution in [1.29, 1.82) is 0 Å². The fourth-order valence-electron chi connectivity index (χ4n) is 3.35. The molecule has 1 N–H and O–H groups in total. The molecule has 0 aliphatic rings. The quantitative estimate of drug-likeness (QED) is 0.251. The third-order valence-electron chi connectivity index (χ3n) is 4.58. The van der Waals surface area contributed by atoms with E-state index in [-0.39, 0.29) is 5.91 Å². The summed E-state index contributed by atoms with van der Waals surface area (Å²) in [6, 6.07) is 22.1. The van der Waals surface area contributed by atoms with E-state index in [1.54, 1.807) is 12.3 Å². The molecule has 1 heterocycles. The Balaban J connectivity index is 1.62. The Bertz CT molecular complexity index is 1180. The second kappa shape index (κ2) is 7.52. The van der Waals surface area contributed by atoms with Gasteiger partial charge < -0.3 is 4.57 Å². The second-order valence-corrected chi connectivity index (χ2v) is 7.49. The molecule has 5 heteroatoms. The van der Waals surface area contributed by atoms with Crippen molar-refractivity contribution < 1.29 is 4.79 Å². The summed E-state index contributed by atoms with van der Waals surface area (Å²) in [6.45, 7) is 3.07. The summed E-state index contributed by atoms with van der Waals surface area (Å²) >= 11 is 2.19. The number of nitrogens with one attached hydrogen (secondary N) is 1. The second-order valence-electron chi connectivity index (χ2n) is 6.25. The van der Waals surface area contributed by atoms with Crippen LogP contribution in [0.1, 0.15) is 22.8 Å². The normalized spacial score (nSPS) is 11.5. The van der Waals surface area contributed by atoms with Gasteiger partial charge in [0.05, 0.1) is 6.21 Å². The van der Waals surface area contributed by atoms with E-state index in [0.29, 0.717) is 5.56 Å².